The predicted molar refractivity (Wildman–Crippen MR) is 86.4 cm³/mol. The molecule has 114 valence electrons. The predicted octanol–water partition coefficient (Wildman–Crippen LogP) is 2.68. The Kier molecular flexibility index (Phi) is 5.72. The van der Waals surface area contributed by atoms with E-state index in [1.54, 1.807) is 12.1 Å². The summed E-state index contributed by atoms with van der Waals surface area (Å²) < 4.78 is 0. The van der Waals surface area contributed by atoms with Crippen LogP contribution in [0.15, 0.2) is 60.7 Å². The van der Waals surface area contributed by atoms with Crippen LogP contribution in [0.25, 0.3) is 0 Å². The fraction of sp³-hybridized carbons (Fsp3) is 0.222. The van der Waals surface area contributed by atoms with E-state index in [0.717, 1.165) is 5.56 Å². The van der Waals surface area contributed by atoms with Crippen LogP contribution in [0.4, 0.5) is 0 Å². The van der Waals surface area contributed by atoms with E-state index in [1.165, 1.54) is 0 Å². The smallest absolute Gasteiger partial charge is 0.251 e. The Balaban J connectivity index is 1.73. The Hall–Kier alpha value is -2.62. The number of amides is 2. The first-order chi connectivity index (χ1) is 10.7. The molecule has 4 heteroatoms. The number of rotatable bonds is 6. The molecular formula is C18H20N2O2. The summed E-state index contributed by atoms with van der Waals surface area (Å²) in [5.41, 5.74) is 1.66. The summed E-state index contributed by atoms with van der Waals surface area (Å²) in [5.74, 6) is -0.241. The molecule has 0 bridgehead atoms. The van der Waals surface area contributed by atoms with Crippen molar-refractivity contribution >= 4 is 11.8 Å². The zero-order valence-electron chi connectivity index (χ0n) is 12.6. The molecule has 22 heavy (non-hydrogen) atoms. The van der Waals surface area contributed by atoms with Gasteiger partial charge in [-0.05, 0) is 24.6 Å². The van der Waals surface area contributed by atoms with Crippen molar-refractivity contribution in [2.75, 3.05) is 6.54 Å². The molecule has 0 aliphatic carbocycles. The van der Waals surface area contributed by atoms with E-state index in [-0.39, 0.29) is 24.3 Å². The normalized spacial score (nSPS) is 11.5. The molecule has 2 rings (SSSR count). The lowest BCUT2D eigenvalue weighted by molar-refractivity contribution is -0.121. The molecule has 0 aromatic heterocycles. The monoisotopic (exact) mass is 296 g/mol. The minimum absolute atomic E-state index is 0.0430. The molecule has 1 atom stereocenters. The fourth-order valence-corrected chi connectivity index (χ4v) is 2.12. The van der Waals surface area contributed by atoms with Crippen LogP contribution in [0.3, 0.4) is 0 Å². The maximum atomic E-state index is 11.9. The quantitative estimate of drug-likeness (QED) is 0.861. The number of hydrogen-bond donors (Lipinski definition) is 2. The van der Waals surface area contributed by atoms with Crippen molar-refractivity contribution in [1.29, 1.82) is 0 Å². The Labute approximate surface area is 130 Å². The van der Waals surface area contributed by atoms with Crippen LogP contribution in [0, 0.1) is 0 Å². The lowest BCUT2D eigenvalue weighted by Crippen LogP contribution is -2.32. The van der Waals surface area contributed by atoms with E-state index in [2.05, 4.69) is 10.6 Å². The van der Waals surface area contributed by atoms with Crippen molar-refractivity contribution in [2.45, 2.75) is 19.4 Å². The van der Waals surface area contributed by atoms with E-state index in [4.69, 9.17) is 0 Å². The zero-order valence-corrected chi connectivity index (χ0v) is 12.6. The average Bonchev–Trinajstić information content (AvgIpc) is 2.56. The van der Waals surface area contributed by atoms with Gasteiger partial charge in [0.1, 0.15) is 0 Å². The number of carbonyl (C=O) groups is 2. The van der Waals surface area contributed by atoms with Crippen molar-refractivity contribution in [2.24, 2.45) is 0 Å². The summed E-state index contributed by atoms with van der Waals surface area (Å²) in [7, 11) is 0. The highest BCUT2D eigenvalue weighted by molar-refractivity contribution is 5.94. The molecule has 0 saturated carbocycles. The van der Waals surface area contributed by atoms with E-state index in [1.807, 2.05) is 55.5 Å². The molecular weight excluding hydrogens is 276 g/mol. The standard InChI is InChI=1S/C18H20N2O2/c1-14(15-8-4-2-5-9-15)20-17(21)12-13-19-18(22)16-10-6-3-7-11-16/h2-11,14H,12-13H2,1H3,(H,19,22)(H,20,21)/t14-/m0/s1. The minimum Gasteiger partial charge on any atom is -0.352 e. The van der Waals surface area contributed by atoms with Gasteiger partial charge in [-0.25, -0.2) is 0 Å². The van der Waals surface area contributed by atoms with Gasteiger partial charge in [-0.2, -0.15) is 0 Å². The van der Waals surface area contributed by atoms with Crippen LogP contribution in [0.5, 0.6) is 0 Å². The maximum Gasteiger partial charge on any atom is 0.251 e. The molecule has 2 aromatic rings. The minimum atomic E-state index is -0.162. The largest absolute Gasteiger partial charge is 0.352 e. The first-order valence-corrected chi connectivity index (χ1v) is 7.34. The van der Waals surface area contributed by atoms with Crippen LogP contribution in [-0.2, 0) is 4.79 Å². The Morgan fingerprint density at radius 1 is 0.955 bits per heavy atom. The first kappa shape index (κ1) is 15.8. The Morgan fingerprint density at radius 2 is 1.55 bits per heavy atom. The van der Waals surface area contributed by atoms with Crippen molar-refractivity contribution in [3.8, 4) is 0 Å². The number of benzene rings is 2. The molecule has 0 unspecified atom stereocenters. The lowest BCUT2D eigenvalue weighted by atomic mass is 10.1. The Morgan fingerprint density at radius 3 is 2.18 bits per heavy atom. The van der Waals surface area contributed by atoms with E-state index >= 15 is 0 Å². The zero-order chi connectivity index (χ0) is 15.8. The molecule has 0 heterocycles. The topological polar surface area (TPSA) is 58.2 Å². The van der Waals surface area contributed by atoms with Gasteiger partial charge in [-0.15, -0.1) is 0 Å². The molecule has 2 aromatic carbocycles. The van der Waals surface area contributed by atoms with Gasteiger partial charge in [0.25, 0.3) is 5.91 Å². The third kappa shape index (κ3) is 4.74. The summed E-state index contributed by atoms with van der Waals surface area (Å²) in [6.45, 7) is 2.26. The van der Waals surface area contributed by atoms with Gasteiger partial charge in [0.05, 0.1) is 6.04 Å². The number of carbonyl (C=O) groups excluding carboxylic acids is 2. The second-order valence-electron chi connectivity index (χ2n) is 5.07. The molecule has 0 saturated heterocycles. The summed E-state index contributed by atoms with van der Waals surface area (Å²) in [5, 5.41) is 5.66. The third-order valence-corrected chi connectivity index (χ3v) is 3.35. The molecule has 2 N–H and O–H groups in total. The molecule has 0 aliphatic rings. The van der Waals surface area contributed by atoms with Gasteiger partial charge in [0.2, 0.25) is 5.91 Å². The van der Waals surface area contributed by atoms with Crippen LogP contribution in [-0.4, -0.2) is 18.4 Å². The highest BCUT2D eigenvalue weighted by Gasteiger charge is 2.10. The SMILES string of the molecule is C[C@H](NC(=O)CCNC(=O)c1ccccc1)c1ccccc1. The van der Waals surface area contributed by atoms with Crippen LogP contribution in [0.2, 0.25) is 0 Å². The van der Waals surface area contributed by atoms with Crippen LogP contribution in [0.1, 0.15) is 35.3 Å². The maximum absolute atomic E-state index is 11.9. The Bertz CT molecular complexity index is 611. The lowest BCUT2D eigenvalue weighted by Gasteiger charge is -2.14. The van der Waals surface area contributed by atoms with Crippen molar-refractivity contribution in [3.63, 3.8) is 0 Å². The van der Waals surface area contributed by atoms with E-state index in [9.17, 15) is 9.59 Å². The first-order valence-electron chi connectivity index (χ1n) is 7.34. The van der Waals surface area contributed by atoms with Gasteiger partial charge in [-0.3, -0.25) is 9.59 Å². The number of nitrogens with one attached hydrogen (secondary N) is 2. The van der Waals surface area contributed by atoms with Gasteiger partial charge in [0.15, 0.2) is 0 Å². The number of hydrogen-bond acceptors (Lipinski definition) is 2. The molecule has 0 fully saturated rings. The van der Waals surface area contributed by atoms with Gasteiger partial charge in [-0.1, -0.05) is 48.5 Å². The van der Waals surface area contributed by atoms with E-state index in [0.29, 0.717) is 12.1 Å². The fourth-order valence-electron chi connectivity index (χ4n) is 2.12. The average molecular weight is 296 g/mol. The highest BCUT2D eigenvalue weighted by Crippen LogP contribution is 2.10. The van der Waals surface area contributed by atoms with E-state index < -0.39 is 0 Å². The summed E-state index contributed by atoms with van der Waals surface area (Å²) in [6.07, 6.45) is 0.260. The molecule has 0 spiro atoms. The summed E-state index contributed by atoms with van der Waals surface area (Å²) >= 11 is 0. The van der Waals surface area contributed by atoms with Crippen molar-refractivity contribution in [3.05, 3.63) is 71.8 Å². The summed E-state index contributed by atoms with van der Waals surface area (Å²) in [6, 6.07) is 18.7. The molecule has 0 radical (unpaired) electrons. The van der Waals surface area contributed by atoms with Gasteiger partial charge >= 0.3 is 0 Å². The van der Waals surface area contributed by atoms with Gasteiger partial charge in [0, 0.05) is 18.5 Å². The third-order valence-electron chi connectivity index (χ3n) is 3.35. The van der Waals surface area contributed by atoms with Crippen LogP contribution >= 0.6 is 0 Å². The molecule has 4 nitrogen and oxygen atoms in total. The second-order valence-corrected chi connectivity index (χ2v) is 5.07. The van der Waals surface area contributed by atoms with Crippen molar-refractivity contribution < 1.29 is 9.59 Å². The molecule has 2 amide bonds. The highest BCUT2D eigenvalue weighted by atomic mass is 16.2. The van der Waals surface area contributed by atoms with Gasteiger partial charge < -0.3 is 10.6 Å². The second kappa shape index (κ2) is 7.98. The molecule has 0 aliphatic heterocycles. The summed E-state index contributed by atoms with van der Waals surface area (Å²) in [4.78, 5) is 23.7. The van der Waals surface area contributed by atoms with Crippen LogP contribution < -0.4 is 10.6 Å². The van der Waals surface area contributed by atoms with Crippen molar-refractivity contribution in [1.82, 2.24) is 10.6 Å².